The average Bonchev–Trinajstić information content (AvgIpc) is 0.829. The van der Waals surface area contributed by atoms with Crippen LogP contribution in [0.4, 0.5) is 26.3 Å². The fourth-order valence-electron chi connectivity index (χ4n) is 19.3. The van der Waals surface area contributed by atoms with E-state index in [9.17, 15) is 69.5 Å². The maximum Gasteiger partial charge on any atom is 0.404 e. The van der Waals surface area contributed by atoms with Crippen molar-refractivity contribution in [1.82, 2.24) is 0 Å². The summed E-state index contributed by atoms with van der Waals surface area (Å²) < 4.78 is 171. The van der Waals surface area contributed by atoms with E-state index in [0.29, 0.717) is 25.4 Å². The van der Waals surface area contributed by atoms with E-state index in [4.69, 9.17) is 71.1 Å². The predicted molar refractivity (Wildman–Crippen MR) is 526 cm³/mol. The van der Waals surface area contributed by atoms with E-state index >= 15 is 0 Å². The summed E-state index contributed by atoms with van der Waals surface area (Å²) in [5, 5.41) is 0. The van der Waals surface area contributed by atoms with Gasteiger partial charge in [-0.3, -0.25) is 43.2 Å². The minimum Gasteiger partial charge on any atom is -0.438 e. The molecular formula is C109H190F6O27. The highest BCUT2D eigenvalue weighted by atomic mass is 19.4. The Labute approximate surface area is 848 Å². The van der Waals surface area contributed by atoms with E-state index in [0.717, 1.165) is 222 Å². The highest BCUT2D eigenvalue weighted by molar-refractivity contribution is 5.78. The van der Waals surface area contributed by atoms with Crippen molar-refractivity contribution in [3.05, 3.63) is 0 Å². The molecular weight excluding hydrogens is 1860 g/mol. The van der Waals surface area contributed by atoms with Gasteiger partial charge in [-0.2, -0.15) is 26.3 Å². The van der Waals surface area contributed by atoms with Crippen molar-refractivity contribution in [2.75, 3.05) is 53.4 Å². The van der Waals surface area contributed by atoms with Crippen LogP contribution in [0, 0.1) is 99.6 Å². The molecule has 14 atom stereocenters. The van der Waals surface area contributed by atoms with E-state index in [1.807, 2.05) is 125 Å². The predicted octanol–water partition coefficient (Wildman–Crippen LogP) is 25.8. The van der Waals surface area contributed by atoms with E-state index in [1.165, 1.54) is 104 Å². The number of esters is 9. The summed E-state index contributed by atoms with van der Waals surface area (Å²) in [5.74, 6) is 2.46. The van der Waals surface area contributed by atoms with Gasteiger partial charge >= 0.3 is 66.1 Å². The van der Waals surface area contributed by atoms with Gasteiger partial charge in [0.05, 0.1) is 79.1 Å². The standard InChI is InChI=1S/C17H28O3.C16H26O3.C13H21F3O3.2C13H24O3.C10H18O3.C9H15F3O3.C9H16O3.C9H18O3/c1-4-10(2)17(18)20-11(3)19-16-14-6-12-5-13(8-14)9-15(16)7-12;1-3-10(2)16(17)19-9-18-15-13-5-11-4-12(7-13)8-14(15)6-11;1-3-12(2,13(14,15)16)11(17)19-9-18-10-7-5-4-6-8-10;1-4-10(2)13(14)16-11(3)15-12-8-6-5-7-9-12;1-4-11(3)12(14)16-13(15-5-2)9-7-6-8-10-13;1-3-8(2)10(11)13-9-6-4-5-7-12-9;1-4-8(3,9(10,11)12)7(13)15-6-14-5-2;1-3-7(2)9(10)12-8-5-4-6-11-8;1-5-7(3)9(10)12-8(4)11-6-2/h10-16H,4-9H2,1-3H3;10-15H,3-9H2,1-2H3;10H,3-9H2,1-2H3;10-12H,4-9H2,1-3H3;11H,4-10H2,1-3H3;8-9H,3-7H2,1-2H3;4-6H2,1-3H3;7-8H,3-6H2,1-2H3;7-8H,5-6H2,1-4H3. The summed E-state index contributed by atoms with van der Waals surface area (Å²) >= 11 is 0. The van der Waals surface area contributed by atoms with Crippen molar-refractivity contribution < 1.29 is 155 Å². The number of ether oxygens (including phenoxy) is 18. The van der Waals surface area contributed by atoms with Crippen LogP contribution in [0.25, 0.3) is 0 Å². The largest absolute Gasteiger partial charge is 0.438 e. The van der Waals surface area contributed by atoms with Gasteiger partial charge in [-0.1, -0.05) is 156 Å². The molecule has 11 saturated carbocycles. The van der Waals surface area contributed by atoms with Crippen molar-refractivity contribution >= 4 is 53.7 Å². The number of alkyl halides is 6. The van der Waals surface area contributed by atoms with Gasteiger partial charge in [0.15, 0.2) is 50.1 Å². The Morgan fingerprint density at radius 3 is 1.05 bits per heavy atom. The molecule has 0 radical (unpaired) electrons. The Bertz CT molecular complexity index is 3420. The summed E-state index contributed by atoms with van der Waals surface area (Å²) in [4.78, 5) is 103. The summed E-state index contributed by atoms with van der Waals surface area (Å²) in [6, 6.07) is 0. The molecule has 0 aromatic carbocycles. The number of carbonyl (C=O) groups is 9. The van der Waals surface area contributed by atoms with Crippen LogP contribution in [-0.4, -0.2) is 181 Å². The Kier molecular flexibility index (Phi) is 63.4. The zero-order chi connectivity index (χ0) is 107. The van der Waals surface area contributed by atoms with Gasteiger partial charge in [0.2, 0.25) is 18.4 Å². The van der Waals surface area contributed by atoms with Crippen molar-refractivity contribution in [3.8, 4) is 0 Å². The molecule has 142 heavy (non-hydrogen) atoms. The Balaban J connectivity index is 0.000000413. The quantitative estimate of drug-likeness (QED) is 0.0180. The molecule has 14 unspecified atom stereocenters. The van der Waals surface area contributed by atoms with Crippen molar-refractivity contribution in [1.29, 1.82) is 0 Å². The lowest BCUT2D eigenvalue weighted by molar-refractivity contribution is -0.245. The summed E-state index contributed by atoms with van der Waals surface area (Å²) in [7, 11) is 0. The van der Waals surface area contributed by atoms with Crippen LogP contribution < -0.4 is 0 Å². The lowest BCUT2D eigenvalue weighted by Crippen LogP contribution is -2.50. The van der Waals surface area contributed by atoms with Crippen LogP contribution in [0.15, 0.2) is 0 Å². The smallest absolute Gasteiger partial charge is 0.404 e. The minimum absolute atomic E-state index is 0.000296. The molecule has 0 amide bonds. The fourth-order valence-corrected chi connectivity index (χ4v) is 19.3. The highest BCUT2D eigenvalue weighted by Gasteiger charge is 2.58. The number of carbonyl (C=O) groups excluding carboxylic acids is 9. The molecule has 13 fully saturated rings. The Hall–Kier alpha value is -5.55. The van der Waals surface area contributed by atoms with E-state index < -0.39 is 67.1 Å². The Morgan fingerprint density at radius 1 is 0.338 bits per heavy atom. The van der Waals surface area contributed by atoms with Crippen LogP contribution in [0.5, 0.6) is 0 Å². The molecule has 13 aliphatic rings. The zero-order valence-corrected chi connectivity index (χ0v) is 91.4. The first-order valence-electron chi connectivity index (χ1n) is 54.7. The van der Waals surface area contributed by atoms with E-state index in [2.05, 4.69) is 14.2 Å². The molecule has 8 bridgehead atoms. The first-order chi connectivity index (χ1) is 67.2. The number of hydrogen-bond donors (Lipinski definition) is 0. The van der Waals surface area contributed by atoms with Gasteiger partial charge in [0.25, 0.3) is 0 Å². The van der Waals surface area contributed by atoms with Gasteiger partial charge in [-0.05, 0) is 283 Å². The third-order valence-electron chi connectivity index (χ3n) is 30.3. The molecule has 830 valence electrons. The van der Waals surface area contributed by atoms with Gasteiger partial charge < -0.3 is 85.3 Å². The molecule has 0 aromatic rings. The molecule has 13 rings (SSSR count). The molecule has 2 heterocycles. The molecule has 2 saturated heterocycles. The normalized spacial score (nSPS) is 26.4. The second-order valence-corrected chi connectivity index (χ2v) is 41.5. The van der Waals surface area contributed by atoms with Crippen LogP contribution in [0.3, 0.4) is 0 Å². The van der Waals surface area contributed by atoms with Crippen LogP contribution in [0.2, 0.25) is 0 Å². The van der Waals surface area contributed by atoms with Gasteiger partial charge in [0, 0.05) is 45.5 Å². The second kappa shape index (κ2) is 68.9. The van der Waals surface area contributed by atoms with Crippen LogP contribution >= 0.6 is 0 Å². The minimum atomic E-state index is -4.61. The topological polar surface area (TPSA) is 320 Å². The zero-order valence-electron chi connectivity index (χ0n) is 91.4. The SMILES string of the molecule is CCC(C)(C(=O)OCOC1CCCCC1)C(F)(F)F.CCC(C)C(=O)OC(C)OC1C2CC3CC(C2)CC1C3.CCC(C)C(=O)OC(C)OC1CCCCC1.CCC(C)C(=O)OC1CCCCO1.CCC(C)C(=O)OC1CCCO1.CCC(C)C(=O)OCOC1C2CC3CC(C2)CC1C3.CCOC(C)OC(=O)C(C)CC.CCOC1(OC(=O)C(C)CC)CCCCC1.CCOCOC(=O)C(C)(CC)C(F)(F)F. The molecule has 0 aromatic heterocycles. The van der Waals surface area contributed by atoms with Gasteiger partial charge in [0.1, 0.15) is 0 Å². The van der Waals surface area contributed by atoms with Crippen molar-refractivity contribution in [2.45, 2.75) is 491 Å². The lowest BCUT2D eigenvalue weighted by atomic mass is 9.55. The maximum atomic E-state index is 12.8. The summed E-state index contributed by atoms with van der Waals surface area (Å²) in [6.07, 6.45) is 29.6. The lowest BCUT2D eigenvalue weighted by Gasteiger charge is -2.54. The molecule has 0 spiro atoms. The average molecular weight is 2050 g/mol. The number of hydrogen-bond acceptors (Lipinski definition) is 27. The maximum absolute atomic E-state index is 12.8. The van der Waals surface area contributed by atoms with Crippen LogP contribution in [-0.2, 0) is 128 Å². The van der Waals surface area contributed by atoms with Gasteiger partial charge in [-0.25, -0.2) is 0 Å². The number of halogens is 6. The van der Waals surface area contributed by atoms with E-state index in [1.54, 1.807) is 13.8 Å². The second-order valence-electron chi connectivity index (χ2n) is 41.5. The van der Waals surface area contributed by atoms with Crippen molar-refractivity contribution in [2.24, 2.45) is 99.6 Å². The molecule has 0 N–H and O–H groups in total. The molecule has 11 aliphatic carbocycles. The monoisotopic (exact) mass is 2050 g/mol. The fraction of sp³-hybridized carbons (Fsp3) is 0.917. The first-order valence-corrected chi connectivity index (χ1v) is 54.7. The summed E-state index contributed by atoms with van der Waals surface area (Å²) in [6.45, 7) is 44.5. The Morgan fingerprint density at radius 2 is 0.683 bits per heavy atom. The van der Waals surface area contributed by atoms with Crippen LogP contribution in [0.1, 0.15) is 417 Å². The van der Waals surface area contributed by atoms with E-state index in [-0.39, 0.29) is 141 Å². The molecule has 33 heteroatoms. The highest BCUT2D eigenvalue weighted by Crippen LogP contribution is 2.57. The summed E-state index contributed by atoms with van der Waals surface area (Å²) in [5.41, 5.74) is -4.91. The molecule has 27 nitrogen and oxygen atoms in total. The first kappa shape index (κ1) is 131. The van der Waals surface area contributed by atoms with Crippen molar-refractivity contribution in [3.63, 3.8) is 0 Å². The van der Waals surface area contributed by atoms with Gasteiger partial charge in [-0.15, -0.1) is 0 Å². The number of rotatable bonds is 41. The molecule has 2 aliphatic heterocycles. The third kappa shape index (κ3) is 46.7. The third-order valence-corrected chi connectivity index (χ3v) is 30.3.